The molecule has 8 heteroatoms. The molecule has 1 aliphatic heterocycles. The van der Waals surface area contributed by atoms with E-state index in [1.165, 1.54) is 12.1 Å². The second-order valence-electron chi connectivity index (χ2n) is 5.28. The van der Waals surface area contributed by atoms with Gasteiger partial charge in [-0.15, -0.1) is 0 Å². The Labute approximate surface area is 129 Å². The quantitative estimate of drug-likeness (QED) is 0.714. The molecule has 1 aliphatic rings. The first-order valence-electron chi connectivity index (χ1n) is 6.59. The molecule has 0 bridgehead atoms. The standard InChI is InChI=1S/C13H19ClN2O4S/c1-9-11(14)6-10(7-12(9)15)21(18,19)16-8-13(17)2-4-20-5-3-13/h6-7,16-17H,2-5,8,15H2,1H3. The van der Waals surface area contributed by atoms with Crippen molar-refractivity contribution in [2.45, 2.75) is 30.3 Å². The van der Waals surface area contributed by atoms with Gasteiger partial charge in [0, 0.05) is 43.3 Å². The van der Waals surface area contributed by atoms with E-state index in [1.54, 1.807) is 6.92 Å². The molecule has 21 heavy (non-hydrogen) atoms. The highest BCUT2D eigenvalue weighted by atomic mass is 35.5. The van der Waals surface area contributed by atoms with Crippen LogP contribution in [0.4, 0.5) is 5.69 Å². The van der Waals surface area contributed by atoms with Crippen LogP contribution in [0.1, 0.15) is 18.4 Å². The molecular formula is C13H19ClN2O4S. The first kappa shape index (κ1) is 16.5. The largest absolute Gasteiger partial charge is 0.398 e. The van der Waals surface area contributed by atoms with E-state index in [0.717, 1.165) is 0 Å². The van der Waals surface area contributed by atoms with Crippen LogP contribution in [0.2, 0.25) is 5.02 Å². The first-order valence-corrected chi connectivity index (χ1v) is 8.45. The molecule has 6 nitrogen and oxygen atoms in total. The molecular weight excluding hydrogens is 316 g/mol. The van der Waals surface area contributed by atoms with Gasteiger partial charge in [0.15, 0.2) is 0 Å². The Kier molecular flexibility index (Phi) is 4.79. The molecule has 4 N–H and O–H groups in total. The molecule has 0 spiro atoms. The van der Waals surface area contributed by atoms with Crippen molar-refractivity contribution in [2.75, 3.05) is 25.5 Å². The number of anilines is 1. The maximum atomic E-state index is 12.3. The number of hydrogen-bond donors (Lipinski definition) is 3. The van der Waals surface area contributed by atoms with E-state index in [1.807, 2.05) is 0 Å². The molecule has 118 valence electrons. The zero-order valence-corrected chi connectivity index (χ0v) is 13.3. The molecule has 0 amide bonds. The number of hydrogen-bond acceptors (Lipinski definition) is 5. The number of ether oxygens (including phenoxy) is 1. The Balaban J connectivity index is 2.15. The van der Waals surface area contributed by atoms with Gasteiger partial charge in [-0.3, -0.25) is 0 Å². The van der Waals surface area contributed by atoms with Crippen molar-refractivity contribution >= 4 is 27.3 Å². The number of nitrogens with two attached hydrogens (primary N) is 1. The third kappa shape index (κ3) is 3.87. The van der Waals surface area contributed by atoms with Crippen LogP contribution < -0.4 is 10.5 Å². The molecule has 1 heterocycles. The lowest BCUT2D eigenvalue weighted by Gasteiger charge is -2.32. The Bertz CT molecular complexity index is 604. The van der Waals surface area contributed by atoms with Gasteiger partial charge >= 0.3 is 0 Å². The molecule has 0 saturated carbocycles. The number of halogens is 1. The second-order valence-corrected chi connectivity index (χ2v) is 7.45. The highest BCUT2D eigenvalue weighted by molar-refractivity contribution is 7.89. The summed E-state index contributed by atoms with van der Waals surface area (Å²) >= 11 is 5.96. The van der Waals surface area contributed by atoms with Gasteiger partial charge in [0.2, 0.25) is 10.0 Å². The van der Waals surface area contributed by atoms with E-state index in [9.17, 15) is 13.5 Å². The summed E-state index contributed by atoms with van der Waals surface area (Å²) in [6.07, 6.45) is 0.790. The molecule has 1 aromatic rings. The van der Waals surface area contributed by atoms with E-state index in [2.05, 4.69) is 4.72 Å². The SMILES string of the molecule is Cc1c(N)cc(S(=O)(=O)NCC2(O)CCOCC2)cc1Cl. The van der Waals surface area contributed by atoms with Gasteiger partial charge in [-0.05, 0) is 24.6 Å². The molecule has 1 fully saturated rings. The average Bonchev–Trinajstić information content (AvgIpc) is 2.43. The van der Waals surface area contributed by atoms with Gasteiger partial charge in [0.25, 0.3) is 0 Å². The van der Waals surface area contributed by atoms with Crippen molar-refractivity contribution in [1.29, 1.82) is 0 Å². The van der Waals surface area contributed by atoms with Crippen molar-refractivity contribution in [1.82, 2.24) is 4.72 Å². The summed E-state index contributed by atoms with van der Waals surface area (Å²) in [6, 6.07) is 2.71. The van der Waals surface area contributed by atoms with E-state index in [4.69, 9.17) is 22.1 Å². The molecule has 0 aromatic heterocycles. The number of benzene rings is 1. The van der Waals surface area contributed by atoms with Crippen LogP contribution in [-0.2, 0) is 14.8 Å². The average molecular weight is 335 g/mol. The number of nitrogen functional groups attached to an aromatic ring is 1. The third-order valence-corrected chi connectivity index (χ3v) is 5.46. The Hall–Kier alpha value is -0.860. The third-order valence-electron chi connectivity index (χ3n) is 3.68. The minimum Gasteiger partial charge on any atom is -0.398 e. The predicted octanol–water partition coefficient (Wildman–Crippen LogP) is 1.05. The van der Waals surface area contributed by atoms with Crippen molar-refractivity contribution in [2.24, 2.45) is 0 Å². The monoisotopic (exact) mass is 334 g/mol. The van der Waals surface area contributed by atoms with E-state index < -0.39 is 15.6 Å². The van der Waals surface area contributed by atoms with Crippen LogP contribution in [0.3, 0.4) is 0 Å². The second kappa shape index (κ2) is 6.10. The lowest BCUT2D eigenvalue weighted by atomic mass is 9.95. The lowest BCUT2D eigenvalue weighted by Crippen LogP contribution is -2.46. The number of rotatable bonds is 4. The van der Waals surface area contributed by atoms with Gasteiger partial charge in [0.05, 0.1) is 10.5 Å². The van der Waals surface area contributed by atoms with Crippen molar-refractivity contribution < 1.29 is 18.3 Å². The summed E-state index contributed by atoms with van der Waals surface area (Å²) in [5, 5.41) is 10.6. The van der Waals surface area contributed by atoms with E-state index >= 15 is 0 Å². The highest BCUT2D eigenvalue weighted by Crippen LogP contribution is 2.26. The van der Waals surface area contributed by atoms with Crippen molar-refractivity contribution in [3.05, 3.63) is 22.7 Å². The summed E-state index contributed by atoms with van der Waals surface area (Å²) in [6.45, 7) is 2.49. The van der Waals surface area contributed by atoms with Crippen LogP contribution in [0, 0.1) is 6.92 Å². The normalized spacial score (nSPS) is 18.6. The molecule has 0 radical (unpaired) electrons. The lowest BCUT2D eigenvalue weighted by molar-refractivity contribution is -0.0588. The molecule has 0 atom stereocenters. The summed E-state index contributed by atoms with van der Waals surface area (Å²) in [7, 11) is -3.77. The fraction of sp³-hybridized carbons (Fsp3) is 0.538. The highest BCUT2D eigenvalue weighted by Gasteiger charge is 2.31. The zero-order valence-electron chi connectivity index (χ0n) is 11.7. The van der Waals surface area contributed by atoms with Gasteiger partial charge in [-0.2, -0.15) is 0 Å². The maximum absolute atomic E-state index is 12.3. The van der Waals surface area contributed by atoms with Crippen LogP contribution in [0.15, 0.2) is 17.0 Å². The van der Waals surface area contributed by atoms with Gasteiger partial charge in [-0.1, -0.05) is 11.6 Å². The Morgan fingerprint density at radius 2 is 2.05 bits per heavy atom. The molecule has 2 rings (SSSR count). The fourth-order valence-electron chi connectivity index (χ4n) is 2.07. The summed E-state index contributed by atoms with van der Waals surface area (Å²) < 4.78 is 32.1. The number of aliphatic hydroxyl groups is 1. The van der Waals surface area contributed by atoms with Gasteiger partial charge < -0.3 is 15.6 Å². The van der Waals surface area contributed by atoms with Gasteiger partial charge in [0.1, 0.15) is 0 Å². The Morgan fingerprint density at radius 1 is 1.43 bits per heavy atom. The predicted molar refractivity (Wildman–Crippen MR) is 80.8 cm³/mol. The molecule has 0 aliphatic carbocycles. The topological polar surface area (TPSA) is 102 Å². The maximum Gasteiger partial charge on any atom is 0.240 e. The van der Waals surface area contributed by atoms with Crippen LogP contribution in [-0.4, -0.2) is 38.9 Å². The van der Waals surface area contributed by atoms with E-state index in [0.29, 0.717) is 42.3 Å². The smallest absolute Gasteiger partial charge is 0.240 e. The van der Waals surface area contributed by atoms with Crippen LogP contribution >= 0.6 is 11.6 Å². The van der Waals surface area contributed by atoms with Gasteiger partial charge in [-0.25, -0.2) is 13.1 Å². The summed E-state index contributed by atoms with van der Waals surface area (Å²) in [4.78, 5) is -0.00809. The Morgan fingerprint density at radius 3 is 2.62 bits per heavy atom. The molecule has 1 aromatic carbocycles. The van der Waals surface area contributed by atoms with Crippen molar-refractivity contribution in [3.63, 3.8) is 0 Å². The minimum atomic E-state index is -3.77. The van der Waals surface area contributed by atoms with E-state index in [-0.39, 0.29) is 11.4 Å². The fourth-order valence-corrected chi connectivity index (χ4v) is 3.54. The van der Waals surface area contributed by atoms with Crippen molar-refractivity contribution in [3.8, 4) is 0 Å². The summed E-state index contributed by atoms with van der Waals surface area (Å²) in [5.41, 5.74) is 5.61. The summed E-state index contributed by atoms with van der Waals surface area (Å²) in [5.74, 6) is 0. The molecule has 0 unspecified atom stereocenters. The van der Waals surface area contributed by atoms with Crippen LogP contribution in [0.5, 0.6) is 0 Å². The minimum absolute atomic E-state index is 0.00809. The van der Waals surface area contributed by atoms with Crippen LogP contribution in [0.25, 0.3) is 0 Å². The number of nitrogens with one attached hydrogen (secondary N) is 1. The first-order chi connectivity index (χ1) is 9.73. The number of sulfonamides is 1. The molecule has 1 saturated heterocycles. The zero-order chi connectivity index (χ0) is 15.7.